The SMILES string of the molecule is CCOC(=O)CN(CCNC(=O)OC(C)(C)C)Cc1c2ccccc2cc2ccccc12. The largest absolute Gasteiger partial charge is 0.465 e. The van der Waals surface area contributed by atoms with E-state index < -0.39 is 11.7 Å². The Labute approximate surface area is 189 Å². The predicted octanol–water partition coefficient (Wildman–Crippen LogP) is 4.88. The topological polar surface area (TPSA) is 67.9 Å². The van der Waals surface area contributed by atoms with Crippen LogP contribution in [-0.4, -0.2) is 48.8 Å². The smallest absolute Gasteiger partial charge is 0.407 e. The van der Waals surface area contributed by atoms with Crippen LogP contribution >= 0.6 is 0 Å². The van der Waals surface area contributed by atoms with Gasteiger partial charge < -0.3 is 14.8 Å². The van der Waals surface area contributed by atoms with Crippen LogP contribution in [0.1, 0.15) is 33.3 Å². The molecule has 3 aromatic rings. The molecule has 0 atom stereocenters. The molecule has 3 aromatic carbocycles. The summed E-state index contributed by atoms with van der Waals surface area (Å²) in [5, 5.41) is 7.40. The Balaban J connectivity index is 1.84. The zero-order valence-corrected chi connectivity index (χ0v) is 19.3. The number of hydrogen-bond acceptors (Lipinski definition) is 5. The molecule has 0 aliphatic carbocycles. The number of fused-ring (bicyclic) bond motifs is 2. The normalized spacial score (nSPS) is 11.7. The summed E-state index contributed by atoms with van der Waals surface area (Å²) in [5.74, 6) is -0.283. The summed E-state index contributed by atoms with van der Waals surface area (Å²) < 4.78 is 10.5. The summed E-state index contributed by atoms with van der Waals surface area (Å²) in [6, 6.07) is 18.7. The molecular formula is C26H32N2O4. The highest BCUT2D eigenvalue weighted by Crippen LogP contribution is 2.29. The van der Waals surface area contributed by atoms with Gasteiger partial charge in [-0.15, -0.1) is 0 Å². The fourth-order valence-electron chi connectivity index (χ4n) is 3.74. The second kappa shape index (κ2) is 10.5. The molecule has 0 saturated carbocycles. The Morgan fingerprint density at radius 2 is 1.56 bits per heavy atom. The number of alkyl carbamates (subject to hydrolysis) is 1. The Morgan fingerprint density at radius 1 is 0.969 bits per heavy atom. The van der Waals surface area contributed by atoms with E-state index in [9.17, 15) is 9.59 Å². The molecule has 170 valence electrons. The summed E-state index contributed by atoms with van der Waals surface area (Å²) in [5.41, 5.74) is 0.594. The maximum absolute atomic E-state index is 12.3. The van der Waals surface area contributed by atoms with Gasteiger partial charge in [0.2, 0.25) is 0 Å². The second-order valence-electron chi connectivity index (χ2n) is 8.74. The Hall–Kier alpha value is -3.12. The lowest BCUT2D eigenvalue weighted by Gasteiger charge is -2.24. The Morgan fingerprint density at radius 3 is 2.12 bits per heavy atom. The molecule has 0 heterocycles. The van der Waals surface area contributed by atoms with Gasteiger partial charge in [-0.1, -0.05) is 48.5 Å². The van der Waals surface area contributed by atoms with Crippen molar-refractivity contribution >= 4 is 33.6 Å². The molecule has 0 bridgehead atoms. The summed E-state index contributed by atoms with van der Waals surface area (Å²) in [6.45, 7) is 9.14. The van der Waals surface area contributed by atoms with Crippen molar-refractivity contribution in [3.05, 3.63) is 60.2 Å². The van der Waals surface area contributed by atoms with Gasteiger partial charge in [0.15, 0.2) is 0 Å². The minimum atomic E-state index is -0.559. The monoisotopic (exact) mass is 436 g/mol. The van der Waals surface area contributed by atoms with Crippen molar-refractivity contribution in [3.8, 4) is 0 Å². The maximum atomic E-state index is 12.3. The minimum Gasteiger partial charge on any atom is -0.465 e. The van der Waals surface area contributed by atoms with E-state index in [0.29, 0.717) is 26.2 Å². The zero-order chi connectivity index (χ0) is 23.1. The predicted molar refractivity (Wildman–Crippen MR) is 128 cm³/mol. The number of nitrogens with zero attached hydrogens (tertiary/aromatic N) is 1. The first-order chi connectivity index (χ1) is 15.3. The van der Waals surface area contributed by atoms with Crippen molar-refractivity contribution in [1.29, 1.82) is 0 Å². The van der Waals surface area contributed by atoms with Crippen molar-refractivity contribution in [1.82, 2.24) is 10.2 Å². The first-order valence-electron chi connectivity index (χ1n) is 11.0. The molecule has 32 heavy (non-hydrogen) atoms. The molecule has 6 heteroatoms. The van der Waals surface area contributed by atoms with Crippen LogP contribution in [0.3, 0.4) is 0 Å². The molecule has 0 aliphatic heterocycles. The number of carbonyl (C=O) groups is 2. The van der Waals surface area contributed by atoms with Crippen molar-refractivity contribution < 1.29 is 19.1 Å². The highest BCUT2D eigenvalue weighted by atomic mass is 16.6. The maximum Gasteiger partial charge on any atom is 0.407 e. The molecule has 0 aliphatic rings. The molecule has 1 amide bonds. The molecule has 0 spiro atoms. The van der Waals surface area contributed by atoms with Gasteiger partial charge in [-0.25, -0.2) is 4.79 Å². The van der Waals surface area contributed by atoms with Gasteiger partial charge in [-0.2, -0.15) is 0 Å². The number of benzene rings is 3. The van der Waals surface area contributed by atoms with Crippen molar-refractivity contribution in [2.24, 2.45) is 0 Å². The van der Waals surface area contributed by atoms with E-state index in [1.54, 1.807) is 6.92 Å². The molecule has 0 unspecified atom stereocenters. The van der Waals surface area contributed by atoms with Crippen LogP contribution in [0.15, 0.2) is 54.6 Å². The van der Waals surface area contributed by atoms with E-state index >= 15 is 0 Å². The fraction of sp³-hybridized carbons (Fsp3) is 0.385. The van der Waals surface area contributed by atoms with E-state index in [0.717, 1.165) is 27.1 Å². The highest BCUT2D eigenvalue weighted by molar-refractivity contribution is 6.02. The van der Waals surface area contributed by atoms with Crippen LogP contribution in [0, 0.1) is 0 Å². The average molecular weight is 437 g/mol. The molecular weight excluding hydrogens is 404 g/mol. The van der Waals surface area contributed by atoms with Gasteiger partial charge in [0.05, 0.1) is 13.2 Å². The van der Waals surface area contributed by atoms with Gasteiger partial charge in [0.1, 0.15) is 5.60 Å². The van der Waals surface area contributed by atoms with Gasteiger partial charge in [0.25, 0.3) is 0 Å². The third-order valence-corrected chi connectivity index (χ3v) is 5.02. The third-order valence-electron chi connectivity index (χ3n) is 5.02. The first-order valence-corrected chi connectivity index (χ1v) is 11.0. The van der Waals surface area contributed by atoms with Gasteiger partial charge in [0, 0.05) is 19.6 Å². The second-order valence-corrected chi connectivity index (χ2v) is 8.74. The number of carbonyl (C=O) groups excluding carboxylic acids is 2. The summed E-state index contributed by atoms with van der Waals surface area (Å²) >= 11 is 0. The van der Waals surface area contributed by atoms with Crippen molar-refractivity contribution in [3.63, 3.8) is 0 Å². The molecule has 3 rings (SSSR count). The van der Waals surface area contributed by atoms with Crippen molar-refractivity contribution in [2.45, 2.75) is 39.8 Å². The number of nitrogens with one attached hydrogen (secondary N) is 1. The third kappa shape index (κ3) is 6.44. The summed E-state index contributed by atoms with van der Waals surface area (Å²) in [6.07, 6.45) is -0.468. The van der Waals surface area contributed by atoms with Crippen LogP contribution in [0.2, 0.25) is 0 Å². The van der Waals surface area contributed by atoms with E-state index in [2.05, 4.69) is 35.6 Å². The van der Waals surface area contributed by atoms with Crippen molar-refractivity contribution in [2.75, 3.05) is 26.2 Å². The van der Waals surface area contributed by atoms with Crippen LogP contribution in [0.5, 0.6) is 0 Å². The molecule has 1 N–H and O–H groups in total. The average Bonchev–Trinajstić information content (AvgIpc) is 2.72. The van der Waals surface area contributed by atoms with E-state index in [-0.39, 0.29) is 12.5 Å². The zero-order valence-electron chi connectivity index (χ0n) is 19.3. The van der Waals surface area contributed by atoms with Crippen LogP contribution in [-0.2, 0) is 20.8 Å². The quantitative estimate of drug-likeness (QED) is 0.403. The number of rotatable bonds is 8. The lowest BCUT2D eigenvalue weighted by atomic mass is 9.96. The Kier molecular flexibility index (Phi) is 7.70. The Bertz CT molecular complexity index is 1030. The fourth-order valence-corrected chi connectivity index (χ4v) is 3.74. The number of hydrogen-bond donors (Lipinski definition) is 1. The molecule has 6 nitrogen and oxygen atoms in total. The molecule has 0 radical (unpaired) electrons. The first kappa shape index (κ1) is 23.5. The number of esters is 1. The van der Waals surface area contributed by atoms with E-state index in [1.165, 1.54) is 0 Å². The standard InChI is InChI=1S/C26H32N2O4/c1-5-31-24(29)18-28(15-14-27-25(30)32-26(2,3)4)17-23-21-12-8-6-10-19(21)16-20-11-7-9-13-22(20)23/h6-13,16H,5,14-15,17-18H2,1-4H3,(H,27,30). The van der Waals surface area contributed by atoms with E-state index in [1.807, 2.05) is 49.9 Å². The lowest BCUT2D eigenvalue weighted by molar-refractivity contribution is -0.144. The molecule has 0 saturated heterocycles. The highest BCUT2D eigenvalue weighted by Gasteiger charge is 2.18. The van der Waals surface area contributed by atoms with E-state index in [4.69, 9.17) is 9.47 Å². The van der Waals surface area contributed by atoms with Gasteiger partial charge in [-0.05, 0) is 60.9 Å². The van der Waals surface area contributed by atoms with Crippen LogP contribution < -0.4 is 5.32 Å². The molecule has 0 fully saturated rings. The summed E-state index contributed by atoms with van der Waals surface area (Å²) in [7, 11) is 0. The molecule has 0 aromatic heterocycles. The number of amides is 1. The van der Waals surface area contributed by atoms with Gasteiger partial charge in [-0.3, -0.25) is 9.69 Å². The summed E-state index contributed by atoms with van der Waals surface area (Å²) in [4.78, 5) is 26.3. The van der Waals surface area contributed by atoms with Crippen LogP contribution in [0.25, 0.3) is 21.5 Å². The van der Waals surface area contributed by atoms with Gasteiger partial charge >= 0.3 is 12.1 Å². The number of ether oxygens (including phenoxy) is 2. The minimum absolute atomic E-state index is 0.140. The lowest BCUT2D eigenvalue weighted by Crippen LogP contribution is -2.39. The van der Waals surface area contributed by atoms with Crippen LogP contribution in [0.4, 0.5) is 4.79 Å².